The molecule has 0 unspecified atom stereocenters. The Labute approximate surface area is 250 Å². The van der Waals surface area contributed by atoms with Crippen molar-refractivity contribution >= 4 is 18.0 Å². The van der Waals surface area contributed by atoms with Gasteiger partial charge in [-0.3, -0.25) is 4.79 Å². The second-order valence-electron chi connectivity index (χ2n) is 10.6. The lowest BCUT2D eigenvalue weighted by Crippen LogP contribution is -2.41. The maximum Gasteiger partial charge on any atom is 0.330 e. The van der Waals surface area contributed by atoms with Crippen molar-refractivity contribution in [3.63, 3.8) is 0 Å². The summed E-state index contributed by atoms with van der Waals surface area (Å²) in [6.07, 6.45) is 2.98. The van der Waals surface area contributed by atoms with Crippen LogP contribution in [0.25, 0.3) is 6.08 Å². The Morgan fingerprint density at radius 3 is 2.02 bits per heavy atom. The monoisotopic (exact) mass is 570 g/mol. The molecule has 2 aliphatic rings. The molecule has 0 amide bonds. The molecule has 4 atom stereocenters. The Bertz CT molecular complexity index is 1660. The van der Waals surface area contributed by atoms with E-state index in [1.165, 1.54) is 7.11 Å². The molecule has 0 aliphatic carbocycles. The van der Waals surface area contributed by atoms with E-state index in [0.29, 0.717) is 11.3 Å². The van der Waals surface area contributed by atoms with E-state index in [2.05, 4.69) is 6.07 Å². The molecule has 0 aromatic heterocycles. The Morgan fingerprint density at radius 1 is 0.837 bits per heavy atom. The summed E-state index contributed by atoms with van der Waals surface area (Å²) in [6.45, 7) is 0. The third-order valence-electron chi connectivity index (χ3n) is 8.44. The maximum atomic E-state index is 14.6. The minimum atomic E-state index is -1.77. The highest BCUT2D eigenvalue weighted by Gasteiger charge is 2.68. The zero-order valence-electron chi connectivity index (χ0n) is 23.8. The van der Waals surface area contributed by atoms with Gasteiger partial charge in [-0.05, 0) is 46.0 Å². The van der Waals surface area contributed by atoms with Crippen LogP contribution in [0.1, 0.15) is 45.9 Å². The number of fused-ring (bicyclic) bond motifs is 3. The van der Waals surface area contributed by atoms with E-state index in [0.717, 1.165) is 22.3 Å². The topological polar surface area (TPSA) is 88.9 Å². The summed E-state index contributed by atoms with van der Waals surface area (Å²) in [6, 6.07) is 34.2. The van der Waals surface area contributed by atoms with E-state index in [-0.39, 0.29) is 0 Å². The van der Waals surface area contributed by atoms with Crippen LogP contribution in [-0.2, 0) is 19.1 Å². The predicted molar refractivity (Wildman–Crippen MR) is 160 cm³/mol. The van der Waals surface area contributed by atoms with Crippen LogP contribution in [0.2, 0.25) is 0 Å². The summed E-state index contributed by atoms with van der Waals surface area (Å²) in [5.74, 6) is -1.60. The van der Waals surface area contributed by atoms with Crippen LogP contribution >= 0.6 is 0 Å². The molecule has 0 saturated carbocycles. The first-order valence-corrected chi connectivity index (χ1v) is 14.0. The number of methoxy groups -OCH3 is 2. The highest BCUT2D eigenvalue weighted by atomic mass is 16.5. The van der Waals surface area contributed by atoms with Gasteiger partial charge in [0.15, 0.2) is 11.5 Å². The van der Waals surface area contributed by atoms with Crippen LogP contribution in [0.4, 0.5) is 0 Å². The molecule has 2 aliphatic heterocycles. The number of benzene rings is 4. The van der Waals surface area contributed by atoms with Crippen LogP contribution in [0.15, 0.2) is 115 Å². The average Bonchev–Trinajstić information content (AvgIpc) is 3.39. The minimum Gasteiger partial charge on any atom is -0.497 e. The van der Waals surface area contributed by atoms with Crippen LogP contribution in [-0.4, -0.2) is 37.1 Å². The summed E-state index contributed by atoms with van der Waals surface area (Å²) in [5.41, 5.74) is 2.07. The van der Waals surface area contributed by atoms with Crippen LogP contribution in [0, 0.1) is 16.7 Å². The van der Waals surface area contributed by atoms with Crippen molar-refractivity contribution in [3.8, 4) is 11.8 Å². The summed E-state index contributed by atoms with van der Waals surface area (Å²) in [5, 5.41) is 11.0. The Kier molecular flexibility index (Phi) is 7.43. The van der Waals surface area contributed by atoms with E-state index in [4.69, 9.17) is 14.2 Å². The highest BCUT2D eigenvalue weighted by molar-refractivity contribution is 5.89. The normalized spacial score (nSPS) is 21.8. The van der Waals surface area contributed by atoms with Gasteiger partial charge >= 0.3 is 11.9 Å². The number of esters is 2. The molecule has 0 radical (unpaired) electrons. The van der Waals surface area contributed by atoms with Crippen LogP contribution in [0.5, 0.6) is 5.75 Å². The molecule has 4 aromatic carbocycles. The Morgan fingerprint density at radius 2 is 1.44 bits per heavy atom. The lowest BCUT2D eigenvalue weighted by molar-refractivity contribution is -0.153. The lowest BCUT2D eigenvalue weighted by atomic mass is 9.67. The number of carbonyl (C=O) groups is 2. The smallest absolute Gasteiger partial charge is 0.330 e. The van der Waals surface area contributed by atoms with Gasteiger partial charge < -0.3 is 19.1 Å². The predicted octanol–water partition coefficient (Wildman–Crippen LogP) is 6.20. The van der Waals surface area contributed by atoms with Crippen molar-refractivity contribution in [1.29, 1.82) is 5.26 Å². The van der Waals surface area contributed by atoms with Gasteiger partial charge in [-0.1, -0.05) is 97.1 Å². The second-order valence-corrected chi connectivity index (χ2v) is 10.6. The van der Waals surface area contributed by atoms with Gasteiger partial charge in [0.25, 0.3) is 0 Å². The quantitative estimate of drug-likeness (QED) is 0.244. The molecule has 43 heavy (non-hydrogen) atoms. The summed E-state index contributed by atoms with van der Waals surface area (Å²) < 4.78 is 17.1. The first-order valence-electron chi connectivity index (χ1n) is 14.0. The zero-order valence-corrected chi connectivity index (χ0v) is 23.8. The molecule has 2 heterocycles. The number of nitrogens with zero attached hydrogens (tertiary/aromatic N) is 2. The van der Waals surface area contributed by atoms with Gasteiger partial charge in [0.05, 0.1) is 26.3 Å². The molecule has 214 valence electrons. The molecule has 1 fully saturated rings. The average molecular weight is 571 g/mol. The van der Waals surface area contributed by atoms with Crippen LogP contribution < -0.4 is 4.74 Å². The summed E-state index contributed by atoms with van der Waals surface area (Å²) in [4.78, 5) is 30.3. The maximum absolute atomic E-state index is 14.6. The van der Waals surface area contributed by atoms with Gasteiger partial charge in [0, 0.05) is 12.1 Å². The third kappa shape index (κ3) is 4.61. The number of carbonyl (C=O) groups excluding carboxylic acids is 2. The van der Waals surface area contributed by atoms with Crippen molar-refractivity contribution in [3.05, 3.63) is 143 Å². The van der Waals surface area contributed by atoms with Gasteiger partial charge in [0.1, 0.15) is 11.8 Å². The SMILES string of the molecule is COC(=O)[C@]1(C#N)[C@H](c2ccc(OC)cc2)[C@@H](C(=O)OC(c2ccccc2)c2ccccc2)N2C=Cc3ccccc3[C@@H]21. The molecule has 6 rings (SSSR count). The van der Waals surface area contributed by atoms with E-state index < -0.39 is 41.5 Å². The number of ether oxygens (including phenoxy) is 3. The fourth-order valence-corrected chi connectivity index (χ4v) is 6.52. The molecule has 0 spiro atoms. The van der Waals surface area contributed by atoms with Gasteiger partial charge in [0.2, 0.25) is 0 Å². The Hall–Kier alpha value is -5.35. The van der Waals surface area contributed by atoms with E-state index in [1.807, 2.05) is 91.0 Å². The molecule has 1 saturated heterocycles. The molecule has 0 bridgehead atoms. The van der Waals surface area contributed by atoms with Gasteiger partial charge in [-0.15, -0.1) is 0 Å². The number of nitriles is 1. The molecule has 7 nitrogen and oxygen atoms in total. The molecular weight excluding hydrogens is 540 g/mol. The fourth-order valence-electron chi connectivity index (χ4n) is 6.52. The number of rotatable bonds is 7. The second kappa shape index (κ2) is 11.5. The van der Waals surface area contributed by atoms with Crippen molar-refractivity contribution < 1.29 is 23.8 Å². The molecule has 0 N–H and O–H groups in total. The van der Waals surface area contributed by atoms with E-state index in [1.54, 1.807) is 42.5 Å². The zero-order chi connectivity index (χ0) is 30.0. The molecule has 7 heteroatoms. The van der Waals surface area contributed by atoms with E-state index in [9.17, 15) is 14.9 Å². The van der Waals surface area contributed by atoms with E-state index >= 15 is 0 Å². The van der Waals surface area contributed by atoms with Crippen LogP contribution in [0.3, 0.4) is 0 Å². The largest absolute Gasteiger partial charge is 0.497 e. The number of hydrogen-bond acceptors (Lipinski definition) is 7. The van der Waals surface area contributed by atoms with Gasteiger partial charge in [-0.25, -0.2) is 4.79 Å². The minimum absolute atomic E-state index is 0.561. The third-order valence-corrected chi connectivity index (χ3v) is 8.44. The molecular formula is C36H30N2O5. The molecule has 4 aromatic rings. The number of hydrogen-bond donors (Lipinski definition) is 0. The van der Waals surface area contributed by atoms with Crippen molar-refractivity contribution in [2.24, 2.45) is 5.41 Å². The first kappa shape index (κ1) is 27.8. The fraction of sp³-hybridized carbons (Fsp3) is 0.194. The van der Waals surface area contributed by atoms with Crippen molar-refractivity contribution in [1.82, 2.24) is 4.90 Å². The Balaban J connectivity index is 1.54. The standard InChI is InChI=1S/C36H30N2O5/c1-41-28-19-17-25(18-20-28)30-31(34(39)43-32(26-12-5-3-6-13-26)27-14-7-4-8-15-27)38-22-21-24-11-9-10-16-29(24)33(38)36(30,23-37)35(40)42-2/h3-22,30-33H,1-2H3/t30-,31+,33-,36-/m1/s1. The summed E-state index contributed by atoms with van der Waals surface area (Å²) in [7, 11) is 2.84. The lowest BCUT2D eigenvalue weighted by Gasteiger charge is -2.36. The summed E-state index contributed by atoms with van der Waals surface area (Å²) >= 11 is 0. The van der Waals surface area contributed by atoms with Crippen molar-refractivity contribution in [2.75, 3.05) is 14.2 Å². The first-order chi connectivity index (χ1) is 21.0. The van der Waals surface area contributed by atoms with Crippen molar-refractivity contribution in [2.45, 2.75) is 24.1 Å². The highest BCUT2D eigenvalue weighted by Crippen LogP contribution is 2.60. The van der Waals surface area contributed by atoms with Gasteiger partial charge in [-0.2, -0.15) is 5.26 Å².